The van der Waals surface area contributed by atoms with E-state index in [1.165, 1.54) is 0 Å². The molecule has 14 heavy (non-hydrogen) atoms. The topological polar surface area (TPSA) is 43.4 Å². The van der Waals surface area contributed by atoms with Crippen LogP contribution in [0, 0.1) is 0 Å². The van der Waals surface area contributed by atoms with Gasteiger partial charge in [0.1, 0.15) is 5.78 Å². The second-order valence-corrected chi connectivity index (χ2v) is 6.06. The molecule has 4 heteroatoms. The number of hydrogen-bond donors (Lipinski definition) is 0. The molecule has 0 aromatic heterocycles. The van der Waals surface area contributed by atoms with Gasteiger partial charge in [0.25, 0.3) is 0 Å². The predicted molar refractivity (Wildman–Crippen MR) is 54.6 cm³/mol. The fourth-order valence-electron chi connectivity index (χ4n) is 2.24. The smallest absolute Gasteiger partial charge is 0.134 e. The highest BCUT2D eigenvalue weighted by molar-refractivity contribution is 7.86. The molecule has 0 aromatic carbocycles. The minimum atomic E-state index is -0.867. The van der Waals surface area contributed by atoms with E-state index in [2.05, 4.69) is 0 Å². The Bertz CT molecular complexity index is 264. The minimum absolute atomic E-state index is 0.103. The molecular weight excluding hydrogens is 200 g/mol. The van der Waals surface area contributed by atoms with Gasteiger partial charge in [-0.15, -0.1) is 0 Å². The predicted octanol–water partition coefficient (Wildman–Crippen LogP) is 1.03. The fourth-order valence-corrected chi connectivity index (χ4v) is 4.22. The van der Waals surface area contributed by atoms with Crippen LogP contribution < -0.4 is 0 Å². The molecule has 0 N–H and O–H groups in total. The van der Waals surface area contributed by atoms with Crippen molar-refractivity contribution in [1.29, 1.82) is 0 Å². The Morgan fingerprint density at radius 1 is 1.43 bits per heavy atom. The SMILES string of the molecule is CC1OCCC1S(=O)C1CCC(=O)C1. The third-order valence-corrected chi connectivity index (χ3v) is 5.41. The number of hydrogen-bond acceptors (Lipinski definition) is 3. The second kappa shape index (κ2) is 4.11. The van der Waals surface area contributed by atoms with Gasteiger partial charge in [-0.2, -0.15) is 0 Å². The van der Waals surface area contributed by atoms with Gasteiger partial charge in [0.2, 0.25) is 0 Å². The van der Waals surface area contributed by atoms with Gasteiger partial charge in [-0.05, 0) is 19.8 Å². The maximum atomic E-state index is 12.1. The van der Waals surface area contributed by atoms with Crippen molar-refractivity contribution >= 4 is 16.6 Å². The zero-order valence-electron chi connectivity index (χ0n) is 8.40. The van der Waals surface area contributed by atoms with Crippen LogP contribution in [-0.4, -0.2) is 33.2 Å². The van der Waals surface area contributed by atoms with Crippen LogP contribution in [0.25, 0.3) is 0 Å². The Morgan fingerprint density at radius 2 is 2.21 bits per heavy atom. The zero-order valence-corrected chi connectivity index (χ0v) is 9.22. The Labute approximate surface area is 86.7 Å². The summed E-state index contributed by atoms with van der Waals surface area (Å²) in [5.74, 6) is 0.273. The Hall–Kier alpha value is -0.220. The molecule has 0 spiro atoms. The van der Waals surface area contributed by atoms with Crippen LogP contribution in [-0.2, 0) is 20.3 Å². The summed E-state index contributed by atoms with van der Waals surface area (Å²) in [5.41, 5.74) is 0. The van der Waals surface area contributed by atoms with Crippen molar-refractivity contribution in [2.24, 2.45) is 0 Å². The molecule has 1 saturated carbocycles. The maximum Gasteiger partial charge on any atom is 0.134 e. The van der Waals surface area contributed by atoms with Gasteiger partial charge in [-0.1, -0.05) is 0 Å². The summed E-state index contributed by atoms with van der Waals surface area (Å²) >= 11 is 0. The number of Topliss-reactive ketones (excluding diaryl/α,β-unsaturated/α-hetero) is 1. The van der Waals surface area contributed by atoms with Crippen molar-refractivity contribution in [3.8, 4) is 0 Å². The minimum Gasteiger partial charge on any atom is -0.377 e. The maximum absolute atomic E-state index is 12.1. The van der Waals surface area contributed by atoms with Crippen LogP contribution in [0.3, 0.4) is 0 Å². The van der Waals surface area contributed by atoms with E-state index in [1.807, 2.05) is 6.92 Å². The Balaban J connectivity index is 1.97. The number of carbonyl (C=O) groups is 1. The first-order chi connectivity index (χ1) is 6.68. The molecule has 2 rings (SSSR count). The molecule has 0 bridgehead atoms. The summed E-state index contributed by atoms with van der Waals surface area (Å²) in [5, 5.41) is 0.266. The number of ketones is 1. The quantitative estimate of drug-likeness (QED) is 0.692. The fraction of sp³-hybridized carbons (Fsp3) is 0.900. The van der Waals surface area contributed by atoms with E-state index >= 15 is 0 Å². The van der Waals surface area contributed by atoms with Gasteiger partial charge in [-0.3, -0.25) is 9.00 Å². The monoisotopic (exact) mass is 216 g/mol. The summed E-state index contributed by atoms with van der Waals surface area (Å²) in [4.78, 5) is 11.1. The lowest BCUT2D eigenvalue weighted by Crippen LogP contribution is -2.29. The van der Waals surface area contributed by atoms with E-state index < -0.39 is 10.8 Å². The average molecular weight is 216 g/mol. The van der Waals surface area contributed by atoms with E-state index in [-0.39, 0.29) is 22.4 Å². The third kappa shape index (κ3) is 1.91. The van der Waals surface area contributed by atoms with Crippen LogP contribution in [0.2, 0.25) is 0 Å². The summed E-state index contributed by atoms with van der Waals surface area (Å²) in [6.07, 6.45) is 2.95. The average Bonchev–Trinajstić information content (AvgIpc) is 2.73. The molecule has 2 fully saturated rings. The molecule has 0 radical (unpaired) electrons. The zero-order chi connectivity index (χ0) is 10.1. The van der Waals surface area contributed by atoms with Gasteiger partial charge in [0.05, 0.1) is 11.4 Å². The van der Waals surface area contributed by atoms with Crippen LogP contribution in [0.5, 0.6) is 0 Å². The van der Waals surface area contributed by atoms with E-state index in [0.29, 0.717) is 12.8 Å². The highest BCUT2D eigenvalue weighted by Crippen LogP contribution is 2.28. The molecule has 3 nitrogen and oxygen atoms in total. The van der Waals surface area contributed by atoms with E-state index in [0.717, 1.165) is 19.4 Å². The first-order valence-corrected chi connectivity index (χ1v) is 6.49. The normalized spacial score (nSPS) is 40.4. The first-order valence-electron chi connectivity index (χ1n) is 5.21. The second-order valence-electron chi connectivity index (χ2n) is 4.14. The third-order valence-electron chi connectivity index (χ3n) is 3.13. The van der Waals surface area contributed by atoms with Gasteiger partial charge < -0.3 is 4.74 Å². The Kier molecular flexibility index (Phi) is 3.02. The van der Waals surface area contributed by atoms with Gasteiger partial charge >= 0.3 is 0 Å². The highest BCUT2D eigenvalue weighted by atomic mass is 32.2. The van der Waals surface area contributed by atoms with Crippen molar-refractivity contribution in [2.75, 3.05) is 6.61 Å². The molecular formula is C10H16O3S. The molecule has 0 aromatic rings. The van der Waals surface area contributed by atoms with Crippen LogP contribution in [0.15, 0.2) is 0 Å². The lowest BCUT2D eigenvalue weighted by Gasteiger charge is -2.17. The molecule has 1 aliphatic heterocycles. The van der Waals surface area contributed by atoms with Crippen molar-refractivity contribution in [2.45, 2.75) is 49.2 Å². The molecule has 1 aliphatic carbocycles. The largest absolute Gasteiger partial charge is 0.377 e. The van der Waals surface area contributed by atoms with Gasteiger partial charge in [0, 0.05) is 35.5 Å². The van der Waals surface area contributed by atoms with Crippen LogP contribution in [0.1, 0.15) is 32.6 Å². The van der Waals surface area contributed by atoms with Crippen LogP contribution >= 0.6 is 0 Å². The first kappa shape index (κ1) is 10.3. The summed E-state index contributed by atoms with van der Waals surface area (Å²) in [6, 6.07) is 0. The number of carbonyl (C=O) groups excluding carboxylic acids is 1. The lowest BCUT2D eigenvalue weighted by molar-refractivity contribution is -0.117. The Morgan fingerprint density at radius 3 is 2.71 bits per heavy atom. The number of rotatable bonds is 2. The summed E-state index contributed by atoms with van der Waals surface area (Å²) < 4.78 is 17.5. The lowest BCUT2D eigenvalue weighted by atomic mass is 10.3. The van der Waals surface area contributed by atoms with Crippen molar-refractivity contribution in [1.82, 2.24) is 0 Å². The summed E-state index contributed by atoms with van der Waals surface area (Å²) in [6.45, 7) is 2.70. The molecule has 4 unspecified atom stereocenters. The molecule has 1 heterocycles. The molecule has 0 amide bonds. The van der Waals surface area contributed by atoms with Crippen molar-refractivity contribution < 1.29 is 13.7 Å². The van der Waals surface area contributed by atoms with Crippen LogP contribution in [0.4, 0.5) is 0 Å². The summed E-state index contributed by atoms with van der Waals surface area (Å²) in [7, 11) is -0.867. The van der Waals surface area contributed by atoms with Gasteiger partial charge in [-0.25, -0.2) is 0 Å². The van der Waals surface area contributed by atoms with E-state index in [4.69, 9.17) is 4.74 Å². The van der Waals surface area contributed by atoms with Crippen molar-refractivity contribution in [3.05, 3.63) is 0 Å². The highest BCUT2D eigenvalue weighted by Gasteiger charge is 2.36. The van der Waals surface area contributed by atoms with E-state index in [9.17, 15) is 9.00 Å². The standard InChI is InChI=1S/C10H16O3S/c1-7-10(4-5-13-7)14(12)9-3-2-8(11)6-9/h7,9-10H,2-6H2,1H3. The molecule has 80 valence electrons. The van der Waals surface area contributed by atoms with E-state index in [1.54, 1.807) is 0 Å². The molecule has 2 aliphatic rings. The molecule has 4 atom stereocenters. The van der Waals surface area contributed by atoms with Gasteiger partial charge in [0.15, 0.2) is 0 Å². The number of ether oxygens (including phenoxy) is 1. The molecule has 1 saturated heterocycles. The van der Waals surface area contributed by atoms with Crippen molar-refractivity contribution in [3.63, 3.8) is 0 Å².